The number of aliphatic hydroxyl groups is 2. The number of aromatic amines is 2. The monoisotopic (exact) mass is 1890 g/mol. The summed E-state index contributed by atoms with van der Waals surface area (Å²) >= 11 is 0. The van der Waals surface area contributed by atoms with E-state index in [9.17, 15) is 49.5 Å². The molecule has 694 valence electrons. The van der Waals surface area contributed by atoms with Crippen LogP contribution in [0.5, 0.6) is 0 Å². The van der Waals surface area contributed by atoms with E-state index in [0.717, 1.165) is 0 Å². The van der Waals surface area contributed by atoms with Crippen LogP contribution >= 0.6 is 25.5 Å². The predicted molar refractivity (Wildman–Crippen MR) is 472 cm³/mol. The van der Waals surface area contributed by atoms with Crippen molar-refractivity contribution in [1.82, 2.24) is 78.1 Å². The standard InChI is InChI=1S/C80H103N22O23P3Si2/c1-43(2)67(105)95-77-93-65-55(71(109)97-77)89-41-101(65)75-59(57(51(33-103)118-75)124-129(11,12)79(5,6)7)122-127(112-29-21-27-81)114-35-47-31-49(73(116-47)99-39-87-53-61(83-37-85-63(53)99)91-69(107)45-23-17-15-18-24-45)120-126(111)121-50-32-48(117-74(50)100-40-88-54-62(84-38-86-64(54)100)92-70(108)46-25-19-16-20-26-46)36-115-128(113-30-22-28-82)123-60-58(125-130(13,14)80(8,9)10)52(34-104)119-76(60)102-42-90-56-66(102)94-78(98-72(56)110)96-68(106)44(3)4/h15-20,23-26,37-44,47-52,57-60,73-76,103-104,126H,21-22,29-36H2,1-14H3,(H,83,85,91,107)(H,84,86,92,108)(H2,93,95,97,105,109)(H2,94,96,98,106,110)/t47-,48-,49+,50+,51+,52+,57+,58+,59+,60+,73+,74+,75+,76+,127?,128?/m0/s1. The third-order valence-electron chi connectivity index (χ3n) is 22.9. The maximum Gasteiger partial charge on any atom is 0.333 e. The number of amides is 4. The van der Waals surface area contributed by atoms with Gasteiger partial charge in [0, 0.05) is 35.8 Å². The Balaban J connectivity index is 0.787. The molecule has 50 heteroatoms. The molecular formula is C80H103N22O23P3Si2. The Labute approximate surface area is 749 Å². The molecule has 2 aromatic carbocycles. The molecule has 0 bridgehead atoms. The van der Waals surface area contributed by atoms with Crippen molar-refractivity contribution >= 4 is 134 Å². The highest BCUT2D eigenvalue weighted by atomic mass is 31.2. The number of anilines is 4. The van der Waals surface area contributed by atoms with Gasteiger partial charge in [-0.15, -0.1) is 0 Å². The van der Waals surface area contributed by atoms with E-state index in [4.69, 9.17) is 64.0 Å². The second-order valence-electron chi connectivity index (χ2n) is 34.7. The number of fused-ring (bicyclic) bond motifs is 4. The number of nitrogens with one attached hydrogen (secondary N) is 6. The first-order valence-electron chi connectivity index (χ1n) is 41.9. The minimum absolute atomic E-state index is 0.0257. The van der Waals surface area contributed by atoms with E-state index in [1.165, 1.54) is 56.2 Å². The van der Waals surface area contributed by atoms with E-state index in [-0.39, 0.29) is 120 Å². The van der Waals surface area contributed by atoms with Gasteiger partial charge in [0.2, 0.25) is 23.7 Å². The molecule has 10 aromatic rings. The lowest BCUT2D eigenvalue weighted by atomic mass is 10.1. The molecule has 12 heterocycles. The van der Waals surface area contributed by atoms with Gasteiger partial charge in [-0.25, -0.2) is 39.9 Å². The third kappa shape index (κ3) is 21.5. The van der Waals surface area contributed by atoms with E-state index in [1.54, 1.807) is 88.4 Å². The predicted octanol–water partition coefficient (Wildman–Crippen LogP) is 10.0. The number of carbonyl (C=O) groups is 4. The van der Waals surface area contributed by atoms with Crippen molar-refractivity contribution in [2.24, 2.45) is 11.8 Å². The maximum absolute atomic E-state index is 15.6. The van der Waals surface area contributed by atoms with Crippen LogP contribution in [-0.4, -0.2) is 229 Å². The summed E-state index contributed by atoms with van der Waals surface area (Å²) < 4.78 is 116. The Hall–Kier alpha value is -10.0. The topological polar surface area (TPSA) is 565 Å². The minimum Gasteiger partial charge on any atom is -0.408 e. The number of benzene rings is 2. The van der Waals surface area contributed by atoms with Crippen molar-refractivity contribution in [2.45, 2.75) is 217 Å². The summed E-state index contributed by atoms with van der Waals surface area (Å²) in [6, 6.07) is 21.0. The Morgan fingerprint density at radius 3 is 1.25 bits per heavy atom. The molecule has 16 atom stereocenters. The van der Waals surface area contributed by atoms with Gasteiger partial charge in [0.1, 0.15) is 61.5 Å². The Morgan fingerprint density at radius 2 is 0.892 bits per heavy atom. The summed E-state index contributed by atoms with van der Waals surface area (Å²) in [6.45, 7) is 24.4. The summed E-state index contributed by atoms with van der Waals surface area (Å²) in [5.41, 5.74) is -0.598. The lowest BCUT2D eigenvalue weighted by molar-refractivity contribution is -0.119. The van der Waals surface area contributed by atoms with Crippen molar-refractivity contribution in [1.29, 1.82) is 10.5 Å². The first-order valence-corrected chi connectivity index (χ1v) is 51.2. The number of carbonyl (C=O) groups excluding carboxylic acids is 4. The second kappa shape index (κ2) is 41.0. The summed E-state index contributed by atoms with van der Waals surface area (Å²) in [7, 11) is -14.8. The molecule has 0 aliphatic carbocycles. The number of rotatable bonds is 38. The van der Waals surface area contributed by atoms with Crippen LogP contribution in [0.25, 0.3) is 44.7 Å². The summed E-state index contributed by atoms with van der Waals surface area (Å²) in [5.74, 6) is -3.20. The normalized spacial score (nSPS) is 23.4. The molecule has 0 saturated carbocycles. The Kier molecular flexibility index (Phi) is 30.3. The van der Waals surface area contributed by atoms with Gasteiger partial charge in [-0.3, -0.25) is 72.2 Å². The van der Waals surface area contributed by atoms with Crippen molar-refractivity contribution in [3.63, 3.8) is 0 Å². The van der Waals surface area contributed by atoms with Gasteiger partial charge in [-0.2, -0.15) is 20.5 Å². The molecule has 0 radical (unpaired) electrons. The first-order chi connectivity index (χ1) is 62.0. The number of nitriles is 2. The fraction of sp³-hybridized carbons (Fsp3) is 0.525. The van der Waals surface area contributed by atoms with Gasteiger partial charge in [0.25, 0.3) is 22.9 Å². The highest BCUT2D eigenvalue weighted by Gasteiger charge is 2.56. The number of aromatic nitrogens is 16. The quantitative estimate of drug-likeness (QED) is 0.0101. The Bertz CT molecular complexity index is 5590. The van der Waals surface area contributed by atoms with Crippen LogP contribution in [-0.2, 0) is 78.1 Å². The van der Waals surface area contributed by atoms with Gasteiger partial charge >= 0.3 is 25.5 Å². The number of hydrogen-bond acceptors (Lipinski definition) is 35. The van der Waals surface area contributed by atoms with E-state index in [0.29, 0.717) is 11.1 Å². The van der Waals surface area contributed by atoms with E-state index in [1.807, 2.05) is 67.7 Å². The number of imidazole rings is 4. The van der Waals surface area contributed by atoms with Gasteiger partial charge in [0.05, 0.1) is 102 Å². The molecule has 45 nitrogen and oxygen atoms in total. The van der Waals surface area contributed by atoms with Crippen molar-refractivity contribution in [3.8, 4) is 12.1 Å². The van der Waals surface area contributed by atoms with E-state index >= 15 is 4.57 Å². The zero-order valence-corrected chi connectivity index (χ0v) is 78.4. The molecule has 4 aliphatic heterocycles. The zero-order valence-electron chi connectivity index (χ0n) is 73.6. The molecular weight excluding hydrogens is 1790 g/mol. The van der Waals surface area contributed by atoms with Crippen molar-refractivity contribution < 1.29 is 97.9 Å². The highest BCUT2D eigenvalue weighted by Crippen LogP contribution is 2.54. The van der Waals surface area contributed by atoms with E-state index in [2.05, 4.69) is 93.2 Å². The molecule has 130 heavy (non-hydrogen) atoms. The first kappa shape index (κ1) is 96.1. The van der Waals surface area contributed by atoms with Gasteiger partial charge < -0.3 is 84.8 Å². The maximum atomic E-state index is 15.6. The molecule has 0 spiro atoms. The molecule has 2 unspecified atom stereocenters. The van der Waals surface area contributed by atoms with Crippen molar-refractivity contribution in [3.05, 3.63) is 130 Å². The largest absolute Gasteiger partial charge is 0.408 e. The average Bonchev–Trinajstić information content (AvgIpc) is 1.60. The van der Waals surface area contributed by atoms with Gasteiger partial charge in [-0.1, -0.05) is 106 Å². The lowest BCUT2D eigenvalue weighted by Gasteiger charge is -2.40. The summed E-state index contributed by atoms with van der Waals surface area (Å²) in [4.78, 5) is 131. The fourth-order valence-corrected chi connectivity index (χ4v) is 19.9. The van der Waals surface area contributed by atoms with Gasteiger partial charge in [0.15, 0.2) is 97.8 Å². The molecule has 8 aromatic heterocycles. The molecule has 4 aliphatic rings. The SMILES string of the molecule is CC(C)C(=O)Nc1nc2c(ncn2[C@@H]2O[C@H](CO)[C@@H](O[Si](C)(C)C(C)(C)C)[C@H]2OP(OCCC#N)OC[C@@H]2C[C@@H](O[PH](=O)O[C@@H]3C[C@@H](COP(OCCC#N)O[C@@H]4[C@H](O[Si](C)(C)C(C)(C)C)[C@@H](CO)O[C@H]4n4cnc5c(=O)[nH]c(NC(=O)C(C)C)nc54)O[C@H]3n3cnc4c(NC(=O)c5ccccc5)ncnc43)[C@H](n3cnc4c(NC(=O)c5ccccc5)ncnc43)O2)c(=O)[nH]1. The van der Waals surface area contributed by atoms with Gasteiger partial charge in [-0.05, 0) is 60.5 Å². The molecule has 14 rings (SSSR count). The van der Waals surface area contributed by atoms with Crippen LogP contribution < -0.4 is 32.4 Å². The van der Waals surface area contributed by atoms with Crippen LogP contribution in [0.1, 0.15) is 141 Å². The van der Waals surface area contributed by atoms with Crippen molar-refractivity contribution in [2.75, 3.05) is 60.9 Å². The highest BCUT2D eigenvalue weighted by molar-refractivity contribution is 7.42. The number of hydrogen-bond donors (Lipinski definition) is 8. The number of H-pyrrole nitrogens is 2. The Morgan fingerprint density at radius 1 is 0.523 bits per heavy atom. The minimum atomic E-state index is -3.87. The van der Waals surface area contributed by atoms with Crippen LogP contribution in [0.3, 0.4) is 0 Å². The summed E-state index contributed by atoms with van der Waals surface area (Å²) in [5, 5.41) is 52.3. The van der Waals surface area contributed by atoms with Crippen LogP contribution in [0.2, 0.25) is 36.3 Å². The number of aliphatic hydroxyl groups excluding tert-OH is 2. The molecule has 4 fully saturated rings. The second-order valence-corrected chi connectivity index (χ2v) is 47.5. The zero-order chi connectivity index (χ0) is 92.8. The smallest absolute Gasteiger partial charge is 0.333 e. The summed E-state index contributed by atoms with van der Waals surface area (Å²) in [6.07, 6.45) is -9.50. The lowest BCUT2D eigenvalue weighted by Crippen LogP contribution is -2.50. The van der Waals surface area contributed by atoms with Crippen LogP contribution in [0.15, 0.2) is 108 Å². The third-order valence-corrected chi connectivity index (χ3v) is 35.2. The molecule has 8 N–H and O–H groups in total. The molecule has 4 amide bonds. The van der Waals surface area contributed by atoms with Crippen LogP contribution in [0, 0.1) is 34.5 Å². The molecule has 4 saturated heterocycles. The van der Waals surface area contributed by atoms with E-state index < -0.39 is 198 Å². The fourth-order valence-electron chi connectivity index (χ4n) is 14.0. The van der Waals surface area contributed by atoms with Crippen LogP contribution in [0.4, 0.5) is 23.5 Å². The number of nitrogens with zero attached hydrogens (tertiary/aromatic N) is 16. The number of ether oxygens (including phenoxy) is 4. The average molecular weight is 1890 g/mol.